The van der Waals surface area contributed by atoms with Crippen LogP contribution in [0.15, 0.2) is 60.2 Å². The van der Waals surface area contributed by atoms with Gasteiger partial charge in [-0.15, -0.1) is 0 Å². The van der Waals surface area contributed by atoms with Crippen LogP contribution in [0.25, 0.3) is 0 Å². The summed E-state index contributed by atoms with van der Waals surface area (Å²) in [4.78, 5) is 0. The first-order valence-corrected chi connectivity index (χ1v) is 9.05. The molecule has 0 aromatic heterocycles. The molecule has 0 spiro atoms. The lowest BCUT2D eigenvalue weighted by molar-refractivity contribution is 0.352. The first kappa shape index (κ1) is 16.3. The first-order chi connectivity index (χ1) is 11.2. The van der Waals surface area contributed by atoms with Gasteiger partial charge in [0.05, 0.1) is 0 Å². The minimum atomic E-state index is 0.316. The molecule has 0 fully saturated rings. The number of hydrogen-bond donors (Lipinski definition) is 0. The van der Waals surface area contributed by atoms with Crippen molar-refractivity contribution in [2.75, 3.05) is 0 Å². The van der Waals surface area contributed by atoms with Gasteiger partial charge in [0, 0.05) is 5.02 Å². The lowest BCUT2D eigenvalue weighted by Gasteiger charge is -2.31. The van der Waals surface area contributed by atoms with E-state index in [1.807, 2.05) is 12.1 Å². The zero-order valence-corrected chi connectivity index (χ0v) is 14.9. The van der Waals surface area contributed by atoms with Crippen molar-refractivity contribution in [1.29, 1.82) is 0 Å². The van der Waals surface area contributed by atoms with Crippen molar-refractivity contribution in [3.8, 4) is 0 Å². The Hall–Kier alpha value is -1.53. The summed E-state index contributed by atoms with van der Waals surface area (Å²) in [6.45, 7) is 4.64. The van der Waals surface area contributed by atoms with Gasteiger partial charge in [-0.25, -0.2) is 0 Å². The second-order valence-corrected chi connectivity index (χ2v) is 7.11. The highest BCUT2D eigenvalue weighted by Gasteiger charge is 2.37. The van der Waals surface area contributed by atoms with Gasteiger partial charge in [-0.1, -0.05) is 73.5 Å². The molecular weight excluding hydrogens is 300 g/mol. The molecule has 120 valence electrons. The number of fused-ring (bicyclic) bond motifs is 1. The maximum Gasteiger partial charge on any atom is 0.0408 e. The summed E-state index contributed by atoms with van der Waals surface area (Å²) in [5.41, 5.74) is 6.30. The van der Waals surface area contributed by atoms with E-state index in [2.05, 4.69) is 56.3 Å². The van der Waals surface area contributed by atoms with Gasteiger partial charge in [0.15, 0.2) is 0 Å². The highest BCUT2D eigenvalue weighted by atomic mass is 35.5. The third-order valence-corrected chi connectivity index (χ3v) is 5.62. The molecule has 2 aromatic rings. The molecule has 0 heterocycles. The normalized spacial score (nSPS) is 16.4. The fourth-order valence-electron chi connectivity index (χ4n) is 4.04. The number of hydrogen-bond acceptors (Lipinski definition) is 0. The van der Waals surface area contributed by atoms with Gasteiger partial charge in [-0.3, -0.25) is 0 Å². The van der Waals surface area contributed by atoms with Crippen LogP contribution in [0.2, 0.25) is 5.02 Å². The van der Waals surface area contributed by atoms with Crippen LogP contribution in [0.3, 0.4) is 0 Å². The van der Waals surface area contributed by atoms with E-state index in [1.54, 1.807) is 5.57 Å². The number of allylic oxidation sites excluding steroid dienone is 2. The van der Waals surface area contributed by atoms with Gasteiger partial charge in [0.25, 0.3) is 0 Å². The van der Waals surface area contributed by atoms with Gasteiger partial charge in [-0.2, -0.15) is 0 Å². The predicted octanol–water partition coefficient (Wildman–Crippen LogP) is 6.41. The van der Waals surface area contributed by atoms with Crippen molar-refractivity contribution in [1.82, 2.24) is 0 Å². The molecule has 2 aromatic carbocycles. The van der Waals surface area contributed by atoms with Crippen molar-refractivity contribution < 1.29 is 0 Å². The van der Waals surface area contributed by atoms with E-state index >= 15 is 0 Å². The maximum atomic E-state index is 6.12. The van der Waals surface area contributed by atoms with Crippen molar-refractivity contribution in [3.63, 3.8) is 0 Å². The molecule has 0 bridgehead atoms. The SMILES string of the molecule is CCC(=CCc1cccc(Cl)c1)C1(CC)Cc2ccccc2C1. The van der Waals surface area contributed by atoms with Crippen molar-refractivity contribution >= 4 is 11.6 Å². The first-order valence-electron chi connectivity index (χ1n) is 8.67. The molecular formula is C22H25Cl. The topological polar surface area (TPSA) is 0 Å². The molecule has 23 heavy (non-hydrogen) atoms. The second-order valence-electron chi connectivity index (χ2n) is 6.67. The van der Waals surface area contributed by atoms with E-state index < -0.39 is 0 Å². The summed E-state index contributed by atoms with van der Waals surface area (Å²) in [6.07, 6.45) is 8.14. The lowest BCUT2D eigenvalue weighted by Crippen LogP contribution is -2.23. The molecule has 1 heteroatoms. The summed E-state index contributed by atoms with van der Waals surface area (Å²) < 4.78 is 0. The average Bonchev–Trinajstić information content (AvgIpc) is 2.95. The van der Waals surface area contributed by atoms with Crippen LogP contribution in [-0.4, -0.2) is 0 Å². The highest BCUT2D eigenvalue weighted by Crippen LogP contribution is 2.46. The molecule has 0 saturated heterocycles. The Balaban J connectivity index is 1.86. The maximum absolute atomic E-state index is 6.12. The van der Waals surface area contributed by atoms with Gasteiger partial charge < -0.3 is 0 Å². The largest absolute Gasteiger partial charge is 0.0843 e. The zero-order valence-electron chi connectivity index (χ0n) is 14.1. The Bertz CT molecular complexity index is 686. The summed E-state index contributed by atoms with van der Waals surface area (Å²) in [5.74, 6) is 0. The molecule has 1 aliphatic rings. The number of benzene rings is 2. The van der Waals surface area contributed by atoms with Crippen LogP contribution < -0.4 is 0 Å². The Labute approximate surface area is 145 Å². The minimum Gasteiger partial charge on any atom is -0.0843 e. The highest BCUT2D eigenvalue weighted by molar-refractivity contribution is 6.30. The Morgan fingerprint density at radius 1 is 1.04 bits per heavy atom. The summed E-state index contributed by atoms with van der Waals surface area (Å²) in [5, 5.41) is 0.826. The van der Waals surface area contributed by atoms with E-state index in [1.165, 1.54) is 36.0 Å². The third-order valence-electron chi connectivity index (χ3n) is 5.39. The summed E-state index contributed by atoms with van der Waals surface area (Å²) in [7, 11) is 0. The number of halogens is 1. The van der Waals surface area contributed by atoms with E-state index in [-0.39, 0.29) is 0 Å². The van der Waals surface area contributed by atoms with Crippen LogP contribution in [-0.2, 0) is 19.3 Å². The van der Waals surface area contributed by atoms with Gasteiger partial charge >= 0.3 is 0 Å². The third kappa shape index (κ3) is 3.38. The quantitative estimate of drug-likeness (QED) is 0.557. The predicted molar refractivity (Wildman–Crippen MR) is 100 cm³/mol. The van der Waals surface area contributed by atoms with Gasteiger partial charge in [-0.05, 0) is 66.3 Å². The fraction of sp³-hybridized carbons (Fsp3) is 0.364. The van der Waals surface area contributed by atoms with Gasteiger partial charge in [0.2, 0.25) is 0 Å². The van der Waals surface area contributed by atoms with Crippen molar-refractivity contribution in [2.45, 2.75) is 46.0 Å². The minimum absolute atomic E-state index is 0.316. The Kier molecular flexibility index (Phi) is 4.92. The van der Waals surface area contributed by atoms with Gasteiger partial charge in [0.1, 0.15) is 0 Å². The average molecular weight is 325 g/mol. The van der Waals surface area contributed by atoms with Crippen LogP contribution in [0, 0.1) is 5.41 Å². The van der Waals surface area contributed by atoms with E-state index in [0.717, 1.165) is 17.9 Å². The number of rotatable bonds is 5. The summed E-state index contributed by atoms with van der Waals surface area (Å²) >= 11 is 6.12. The second kappa shape index (κ2) is 6.93. The van der Waals surface area contributed by atoms with Crippen LogP contribution in [0.5, 0.6) is 0 Å². The smallest absolute Gasteiger partial charge is 0.0408 e. The molecule has 1 aliphatic carbocycles. The molecule has 0 saturated carbocycles. The molecule has 0 radical (unpaired) electrons. The van der Waals surface area contributed by atoms with E-state index in [4.69, 9.17) is 11.6 Å². The van der Waals surface area contributed by atoms with Crippen molar-refractivity contribution in [3.05, 3.63) is 81.9 Å². The lowest BCUT2D eigenvalue weighted by atomic mass is 9.73. The molecule has 0 unspecified atom stereocenters. The molecule has 0 nitrogen and oxygen atoms in total. The Morgan fingerprint density at radius 2 is 1.74 bits per heavy atom. The molecule has 0 amide bonds. The monoisotopic (exact) mass is 324 g/mol. The molecule has 3 rings (SSSR count). The van der Waals surface area contributed by atoms with Crippen molar-refractivity contribution in [2.24, 2.45) is 5.41 Å². The fourth-order valence-corrected chi connectivity index (χ4v) is 4.25. The van der Waals surface area contributed by atoms with Crippen LogP contribution in [0.1, 0.15) is 43.4 Å². The Morgan fingerprint density at radius 3 is 2.30 bits per heavy atom. The van der Waals surface area contributed by atoms with Crippen LogP contribution >= 0.6 is 11.6 Å². The standard InChI is InChI=1S/C22H25Cl/c1-3-20(13-12-17-8-7-11-21(23)14-17)22(4-2)15-18-9-5-6-10-19(18)16-22/h5-11,13-14H,3-4,12,15-16H2,1-2H3. The zero-order chi connectivity index (χ0) is 16.3. The van der Waals surface area contributed by atoms with E-state index in [0.29, 0.717) is 5.41 Å². The molecule has 0 aliphatic heterocycles. The van der Waals surface area contributed by atoms with E-state index in [9.17, 15) is 0 Å². The molecule has 0 N–H and O–H groups in total. The molecule has 0 atom stereocenters. The summed E-state index contributed by atoms with van der Waals surface area (Å²) in [6, 6.07) is 17.2. The van der Waals surface area contributed by atoms with Crippen LogP contribution in [0.4, 0.5) is 0 Å².